The Morgan fingerprint density at radius 3 is 2.47 bits per heavy atom. The Bertz CT molecular complexity index is 152. The first-order chi connectivity index (χ1) is 7.35. The second-order valence-corrected chi connectivity index (χ2v) is 3.37. The van der Waals surface area contributed by atoms with Crippen molar-refractivity contribution in [3.63, 3.8) is 0 Å². The topological polar surface area (TPSA) is 34.1 Å². The van der Waals surface area contributed by atoms with E-state index >= 15 is 0 Å². The largest absolute Gasteiger partial charge is 0.383 e. The number of methoxy groups -OCH3 is 2. The van der Waals surface area contributed by atoms with E-state index in [4.69, 9.17) is 9.47 Å². The smallest absolute Gasteiger partial charge is 0.0657 e. The van der Waals surface area contributed by atoms with Gasteiger partial charge in [-0.05, 0) is 13.0 Å². The van der Waals surface area contributed by atoms with Gasteiger partial charge in [0, 0.05) is 33.5 Å². The number of aliphatic imine (C=N–C) groups is 1. The molecule has 0 amide bonds. The van der Waals surface area contributed by atoms with Crippen molar-refractivity contribution >= 4 is 6.21 Å². The van der Waals surface area contributed by atoms with Crippen LogP contribution >= 0.6 is 0 Å². The number of hydrogen-bond acceptors (Lipinski definition) is 4. The van der Waals surface area contributed by atoms with Crippen molar-refractivity contribution < 1.29 is 9.47 Å². The van der Waals surface area contributed by atoms with Crippen molar-refractivity contribution in [3.05, 3.63) is 0 Å². The standard InChI is InChI=1S/C11H24N2O2/c1-4-7-13(9-11-15-3)8-5-12-6-10-14-2/h5H,4,6-11H2,1-3H3. The normalized spacial score (nSPS) is 11.7. The van der Waals surface area contributed by atoms with Crippen LogP contribution in [-0.4, -0.2) is 64.7 Å². The second kappa shape index (κ2) is 11.6. The van der Waals surface area contributed by atoms with Gasteiger partial charge in [-0.2, -0.15) is 0 Å². The van der Waals surface area contributed by atoms with E-state index in [-0.39, 0.29) is 0 Å². The lowest BCUT2D eigenvalue weighted by atomic mass is 10.4. The fourth-order valence-corrected chi connectivity index (χ4v) is 1.24. The monoisotopic (exact) mass is 216 g/mol. The van der Waals surface area contributed by atoms with Crippen LogP contribution in [0.5, 0.6) is 0 Å². The summed E-state index contributed by atoms with van der Waals surface area (Å²) in [6, 6.07) is 0. The van der Waals surface area contributed by atoms with Crippen LogP contribution in [0.4, 0.5) is 0 Å². The Labute approximate surface area is 93.3 Å². The molecule has 0 N–H and O–H groups in total. The Morgan fingerprint density at radius 2 is 1.87 bits per heavy atom. The summed E-state index contributed by atoms with van der Waals surface area (Å²) < 4.78 is 9.97. The molecule has 0 radical (unpaired) electrons. The molecule has 90 valence electrons. The lowest BCUT2D eigenvalue weighted by Gasteiger charge is -2.18. The quantitative estimate of drug-likeness (QED) is 0.404. The number of nitrogens with zero attached hydrogens (tertiary/aromatic N) is 2. The third-order valence-corrected chi connectivity index (χ3v) is 2.04. The summed E-state index contributed by atoms with van der Waals surface area (Å²) in [7, 11) is 3.42. The molecule has 0 aliphatic heterocycles. The van der Waals surface area contributed by atoms with Gasteiger partial charge in [0.05, 0.1) is 19.8 Å². The molecule has 0 fully saturated rings. The van der Waals surface area contributed by atoms with Crippen LogP contribution in [0.1, 0.15) is 13.3 Å². The molecule has 0 heterocycles. The highest BCUT2D eigenvalue weighted by molar-refractivity contribution is 5.59. The second-order valence-electron chi connectivity index (χ2n) is 3.37. The summed E-state index contributed by atoms with van der Waals surface area (Å²) in [6.45, 7) is 7.39. The summed E-state index contributed by atoms with van der Waals surface area (Å²) in [5, 5.41) is 0. The molecule has 0 aliphatic rings. The molecule has 0 spiro atoms. The molecule has 15 heavy (non-hydrogen) atoms. The zero-order valence-corrected chi connectivity index (χ0v) is 10.2. The molecule has 0 aromatic rings. The van der Waals surface area contributed by atoms with Crippen LogP contribution in [-0.2, 0) is 9.47 Å². The zero-order valence-electron chi connectivity index (χ0n) is 10.2. The minimum absolute atomic E-state index is 0.697. The highest BCUT2D eigenvalue weighted by atomic mass is 16.5. The van der Waals surface area contributed by atoms with Crippen molar-refractivity contribution in [2.75, 3.05) is 53.6 Å². The summed E-state index contributed by atoms with van der Waals surface area (Å²) in [6.07, 6.45) is 3.12. The summed E-state index contributed by atoms with van der Waals surface area (Å²) in [4.78, 5) is 6.59. The third kappa shape index (κ3) is 9.85. The van der Waals surface area contributed by atoms with E-state index in [1.54, 1.807) is 14.2 Å². The average molecular weight is 216 g/mol. The van der Waals surface area contributed by atoms with E-state index in [1.807, 2.05) is 6.21 Å². The maximum absolute atomic E-state index is 5.06. The van der Waals surface area contributed by atoms with Gasteiger partial charge in [0.15, 0.2) is 0 Å². The van der Waals surface area contributed by atoms with E-state index in [0.717, 1.165) is 39.2 Å². The van der Waals surface area contributed by atoms with Crippen LogP contribution in [0, 0.1) is 0 Å². The lowest BCUT2D eigenvalue weighted by molar-refractivity contribution is 0.156. The Hall–Kier alpha value is -0.450. The van der Waals surface area contributed by atoms with Gasteiger partial charge < -0.3 is 9.47 Å². The van der Waals surface area contributed by atoms with Crippen molar-refractivity contribution in [3.8, 4) is 0 Å². The first-order valence-corrected chi connectivity index (χ1v) is 5.53. The van der Waals surface area contributed by atoms with E-state index in [1.165, 1.54) is 0 Å². The minimum atomic E-state index is 0.697. The molecule has 0 aliphatic carbocycles. The fourth-order valence-electron chi connectivity index (χ4n) is 1.24. The molecular weight excluding hydrogens is 192 g/mol. The van der Waals surface area contributed by atoms with Crippen molar-refractivity contribution in [1.82, 2.24) is 4.90 Å². The maximum Gasteiger partial charge on any atom is 0.0657 e. The number of rotatable bonds is 10. The first kappa shape index (κ1) is 14.6. The Balaban J connectivity index is 3.59. The van der Waals surface area contributed by atoms with Crippen LogP contribution in [0.3, 0.4) is 0 Å². The molecule has 0 aromatic heterocycles. The van der Waals surface area contributed by atoms with E-state index in [9.17, 15) is 0 Å². The van der Waals surface area contributed by atoms with E-state index in [2.05, 4.69) is 16.8 Å². The molecule has 0 aromatic carbocycles. The predicted octanol–water partition coefficient (Wildman–Crippen LogP) is 1.06. The number of hydrogen-bond donors (Lipinski definition) is 0. The van der Waals surface area contributed by atoms with Gasteiger partial charge in [-0.15, -0.1) is 0 Å². The highest BCUT2D eigenvalue weighted by Gasteiger charge is 2.00. The van der Waals surface area contributed by atoms with Gasteiger partial charge in [-0.3, -0.25) is 9.89 Å². The van der Waals surface area contributed by atoms with Crippen LogP contribution in [0.2, 0.25) is 0 Å². The van der Waals surface area contributed by atoms with Crippen molar-refractivity contribution in [1.29, 1.82) is 0 Å². The Morgan fingerprint density at radius 1 is 1.13 bits per heavy atom. The lowest BCUT2D eigenvalue weighted by Crippen LogP contribution is -2.30. The van der Waals surface area contributed by atoms with E-state index < -0.39 is 0 Å². The van der Waals surface area contributed by atoms with Crippen molar-refractivity contribution in [2.24, 2.45) is 4.99 Å². The third-order valence-electron chi connectivity index (χ3n) is 2.04. The molecule has 0 saturated heterocycles. The molecule has 0 saturated carbocycles. The molecule has 0 unspecified atom stereocenters. The number of ether oxygens (including phenoxy) is 2. The molecule has 4 heteroatoms. The summed E-state index contributed by atoms with van der Waals surface area (Å²) >= 11 is 0. The zero-order chi connectivity index (χ0) is 11.4. The maximum atomic E-state index is 5.06. The highest BCUT2D eigenvalue weighted by Crippen LogP contribution is 1.89. The van der Waals surface area contributed by atoms with Gasteiger partial charge in [0.25, 0.3) is 0 Å². The fraction of sp³-hybridized carbons (Fsp3) is 0.909. The predicted molar refractivity (Wildman–Crippen MR) is 63.8 cm³/mol. The molecule has 0 bridgehead atoms. The van der Waals surface area contributed by atoms with Gasteiger partial charge in [-0.25, -0.2) is 0 Å². The Kier molecular flexibility index (Phi) is 11.3. The van der Waals surface area contributed by atoms with Gasteiger partial charge in [0.1, 0.15) is 0 Å². The van der Waals surface area contributed by atoms with Gasteiger partial charge >= 0.3 is 0 Å². The molecule has 0 atom stereocenters. The van der Waals surface area contributed by atoms with Crippen molar-refractivity contribution in [2.45, 2.75) is 13.3 Å². The van der Waals surface area contributed by atoms with Crippen LogP contribution < -0.4 is 0 Å². The van der Waals surface area contributed by atoms with Gasteiger partial charge in [-0.1, -0.05) is 6.92 Å². The molecular formula is C11H24N2O2. The van der Waals surface area contributed by atoms with Crippen LogP contribution in [0.15, 0.2) is 4.99 Å². The SMILES string of the molecule is CCCN(CC=NCCOC)CCOC. The molecule has 4 nitrogen and oxygen atoms in total. The average Bonchev–Trinajstić information content (AvgIpc) is 2.25. The molecule has 0 rings (SSSR count). The minimum Gasteiger partial charge on any atom is -0.383 e. The van der Waals surface area contributed by atoms with E-state index in [0.29, 0.717) is 6.61 Å². The van der Waals surface area contributed by atoms with Gasteiger partial charge in [0.2, 0.25) is 0 Å². The first-order valence-electron chi connectivity index (χ1n) is 5.53. The van der Waals surface area contributed by atoms with Crippen LogP contribution in [0.25, 0.3) is 0 Å². The summed E-state index contributed by atoms with van der Waals surface area (Å²) in [5.41, 5.74) is 0. The summed E-state index contributed by atoms with van der Waals surface area (Å²) in [5.74, 6) is 0.